The molecule has 0 N–H and O–H groups in total. The molecule has 0 atom stereocenters. The van der Waals surface area contributed by atoms with Crippen molar-refractivity contribution in [3.8, 4) is 0 Å². The molecule has 0 aromatic heterocycles. The zero-order valence-corrected chi connectivity index (χ0v) is 13.8. The van der Waals surface area contributed by atoms with E-state index in [1.54, 1.807) is 0 Å². The first kappa shape index (κ1) is 16.7. The number of thiocarbonyl (C=S) groups is 1. The summed E-state index contributed by atoms with van der Waals surface area (Å²) >= 11 is 5.35. The molecule has 1 aliphatic heterocycles. The number of ether oxygens (including phenoxy) is 1. The molecule has 19 heavy (non-hydrogen) atoms. The Kier molecular flexibility index (Phi) is 5.21. The Morgan fingerprint density at radius 3 is 2.00 bits per heavy atom. The van der Waals surface area contributed by atoms with Gasteiger partial charge in [-0.05, 0) is 53.8 Å². The van der Waals surface area contributed by atoms with E-state index in [0.29, 0.717) is 18.0 Å². The van der Waals surface area contributed by atoms with Crippen LogP contribution in [-0.2, 0) is 9.94 Å². The predicted molar refractivity (Wildman–Crippen MR) is 80.3 cm³/mol. The van der Waals surface area contributed by atoms with E-state index in [2.05, 4.69) is 13.8 Å². The molecule has 1 rings (SSSR count). The average Bonchev–Trinajstić information content (AvgIpc) is 2.26. The van der Waals surface area contributed by atoms with Crippen LogP contribution in [0.4, 0.5) is 0 Å². The van der Waals surface area contributed by atoms with E-state index in [1.807, 2.05) is 32.6 Å². The summed E-state index contributed by atoms with van der Waals surface area (Å²) in [4.78, 5) is 2.03. The summed E-state index contributed by atoms with van der Waals surface area (Å²) in [5.41, 5.74) is -0.823. The van der Waals surface area contributed by atoms with Crippen LogP contribution in [-0.4, -0.2) is 45.4 Å². The largest absolute Gasteiger partial charge is 0.467 e. The van der Waals surface area contributed by atoms with Gasteiger partial charge in [0.05, 0.1) is 0 Å². The average molecular weight is 287 g/mol. The van der Waals surface area contributed by atoms with E-state index in [0.717, 1.165) is 13.1 Å². The third-order valence-electron chi connectivity index (χ3n) is 3.84. The summed E-state index contributed by atoms with van der Waals surface area (Å²) in [7, 11) is 0. The maximum atomic E-state index is 12.3. The summed E-state index contributed by atoms with van der Waals surface area (Å²) in [5, 5.41) is 14.0. The lowest BCUT2D eigenvalue weighted by Gasteiger charge is -2.49. The number of hydrogen-bond acceptors (Lipinski definition) is 3. The van der Waals surface area contributed by atoms with Gasteiger partial charge in [0, 0.05) is 37.0 Å². The fourth-order valence-corrected chi connectivity index (χ4v) is 3.35. The van der Waals surface area contributed by atoms with Crippen LogP contribution in [0.5, 0.6) is 0 Å². The topological polar surface area (TPSA) is 35.6 Å². The van der Waals surface area contributed by atoms with Crippen molar-refractivity contribution in [2.45, 2.75) is 71.6 Å². The van der Waals surface area contributed by atoms with Gasteiger partial charge in [0.15, 0.2) is 0 Å². The molecule has 111 valence electrons. The van der Waals surface area contributed by atoms with Gasteiger partial charge in [-0.2, -0.15) is 0 Å². The van der Waals surface area contributed by atoms with Crippen LogP contribution in [0.3, 0.4) is 0 Å². The van der Waals surface area contributed by atoms with E-state index in [4.69, 9.17) is 17.0 Å². The van der Waals surface area contributed by atoms with Crippen molar-refractivity contribution in [3.63, 3.8) is 0 Å². The number of hydroxylamine groups is 2. The van der Waals surface area contributed by atoms with Crippen molar-refractivity contribution in [1.82, 2.24) is 9.96 Å². The molecule has 1 radical (unpaired) electrons. The summed E-state index contributed by atoms with van der Waals surface area (Å²) in [6.07, 6.45) is 1.44. The van der Waals surface area contributed by atoms with Gasteiger partial charge in [-0.15, -0.1) is 10.3 Å². The lowest BCUT2D eigenvalue weighted by Crippen LogP contribution is -2.60. The van der Waals surface area contributed by atoms with Crippen LogP contribution in [0, 0.1) is 0 Å². The van der Waals surface area contributed by atoms with E-state index >= 15 is 0 Å². The minimum absolute atomic E-state index is 0.0169. The molecule has 1 fully saturated rings. The first-order chi connectivity index (χ1) is 8.64. The highest BCUT2D eigenvalue weighted by molar-refractivity contribution is 7.80. The van der Waals surface area contributed by atoms with Gasteiger partial charge in [0.2, 0.25) is 0 Å². The number of hydrogen-bond donors (Lipinski definition) is 0. The van der Waals surface area contributed by atoms with Gasteiger partial charge in [-0.3, -0.25) is 0 Å². The molecule has 0 aliphatic carbocycles. The molecule has 0 saturated carbocycles. The zero-order chi connectivity index (χ0) is 14.8. The molecule has 1 saturated heterocycles. The normalized spacial score (nSPS) is 23.1. The second-order valence-corrected chi connectivity index (χ2v) is 6.85. The molecular weight excluding hydrogens is 260 g/mol. The Morgan fingerprint density at radius 1 is 1.21 bits per heavy atom. The van der Waals surface area contributed by atoms with Gasteiger partial charge < -0.3 is 9.64 Å². The number of piperidine rings is 1. The molecule has 4 nitrogen and oxygen atoms in total. The van der Waals surface area contributed by atoms with Crippen molar-refractivity contribution >= 4 is 17.4 Å². The molecule has 0 aromatic carbocycles. The standard InChI is InChI=1S/C14H27N2O2S/c1-7-15(8-2)12(19)18-11-9-13(3,4)16(17)14(5,6)10-11/h11H,7-10H2,1-6H3. The molecule has 0 bridgehead atoms. The van der Waals surface area contributed by atoms with Gasteiger partial charge in [0.1, 0.15) is 6.10 Å². The monoisotopic (exact) mass is 287 g/mol. The smallest absolute Gasteiger partial charge is 0.259 e. The van der Waals surface area contributed by atoms with Crippen LogP contribution in [0.25, 0.3) is 0 Å². The number of rotatable bonds is 3. The fourth-order valence-electron chi connectivity index (χ4n) is 2.95. The Hall–Kier alpha value is -0.390. The molecule has 5 heteroatoms. The Morgan fingerprint density at radius 2 is 1.63 bits per heavy atom. The summed E-state index contributed by atoms with van der Waals surface area (Å²) in [6, 6.07) is 0. The molecule has 1 aliphatic rings. The Labute approximate surface area is 122 Å². The first-order valence-corrected chi connectivity index (χ1v) is 7.48. The number of nitrogens with zero attached hydrogens (tertiary/aromatic N) is 2. The van der Waals surface area contributed by atoms with Gasteiger partial charge in [-0.25, -0.2) is 0 Å². The van der Waals surface area contributed by atoms with Crippen LogP contribution in [0.15, 0.2) is 0 Å². The maximum Gasteiger partial charge on any atom is 0.259 e. The minimum Gasteiger partial charge on any atom is -0.467 e. The van der Waals surface area contributed by atoms with Crippen LogP contribution in [0.2, 0.25) is 0 Å². The molecule has 0 unspecified atom stereocenters. The Bertz CT molecular complexity index is 309. The van der Waals surface area contributed by atoms with Crippen molar-refractivity contribution in [2.24, 2.45) is 0 Å². The van der Waals surface area contributed by atoms with Crippen molar-refractivity contribution in [2.75, 3.05) is 13.1 Å². The molecular formula is C14H27N2O2S. The van der Waals surface area contributed by atoms with Gasteiger partial charge in [0.25, 0.3) is 5.17 Å². The highest BCUT2D eigenvalue weighted by Gasteiger charge is 2.47. The lowest BCUT2D eigenvalue weighted by molar-refractivity contribution is -0.297. The lowest BCUT2D eigenvalue weighted by atomic mass is 9.80. The van der Waals surface area contributed by atoms with E-state index < -0.39 is 11.1 Å². The molecule has 0 amide bonds. The quantitative estimate of drug-likeness (QED) is 0.748. The van der Waals surface area contributed by atoms with E-state index in [1.165, 1.54) is 5.06 Å². The SMILES string of the molecule is CCN(CC)C(=S)OC1CC(C)(C)N([O])C(C)(C)C1. The van der Waals surface area contributed by atoms with E-state index in [-0.39, 0.29) is 6.10 Å². The van der Waals surface area contributed by atoms with Gasteiger partial charge in [-0.1, -0.05) is 0 Å². The maximum absolute atomic E-state index is 12.3. The second-order valence-electron chi connectivity index (χ2n) is 6.51. The first-order valence-electron chi connectivity index (χ1n) is 7.07. The van der Waals surface area contributed by atoms with Crippen molar-refractivity contribution < 1.29 is 9.94 Å². The second kappa shape index (κ2) is 5.94. The summed E-state index contributed by atoms with van der Waals surface area (Å²) < 4.78 is 5.95. The molecule has 1 heterocycles. The third kappa shape index (κ3) is 3.80. The van der Waals surface area contributed by atoms with Crippen molar-refractivity contribution in [3.05, 3.63) is 0 Å². The summed E-state index contributed by atoms with van der Waals surface area (Å²) in [5.74, 6) is 0. The van der Waals surface area contributed by atoms with E-state index in [9.17, 15) is 5.21 Å². The van der Waals surface area contributed by atoms with Crippen LogP contribution >= 0.6 is 12.2 Å². The zero-order valence-electron chi connectivity index (χ0n) is 13.0. The van der Waals surface area contributed by atoms with Gasteiger partial charge >= 0.3 is 0 Å². The summed E-state index contributed by atoms with van der Waals surface area (Å²) in [6.45, 7) is 13.7. The van der Waals surface area contributed by atoms with Crippen LogP contribution < -0.4 is 0 Å². The highest BCUT2D eigenvalue weighted by atomic mass is 32.1. The van der Waals surface area contributed by atoms with Crippen molar-refractivity contribution in [1.29, 1.82) is 0 Å². The predicted octanol–water partition coefficient (Wildman–Crippen LogP) is 3.00. The third-order valence-corrected chi connectivity index (χ3v) is 4.20. The van der Waals surface area contributed by atoms with Crippen LogP contribution in [0.1, 0.15) is 54.4 Å². The highest BCUT2D eigenvalue weighted by Crippen LogP contribution is 2.38. The fraction of sp³-hybridized carbons (Fsp3) is 0.929. The minimum atomic E-state index is -0.411. The molecule has 0 spiro atoms. The Balaban J connectivity index is 2.73. The molecule has 0 aromatic rings.